The lowest BCUT2D eigenvalue weighted by Gasteiger charge is -2.13. The molecule has 1 aliphatic rings. The maximum Gasteiger partial charge on any atom is 0.223 e. The predicted molar refractivity (Wildman–Crippen MR) is 88.2 cm³/mol. The van der Waals surface area contributed by atoms with Gasteiger partial charge in [0.15, 0.2) is 0 Å². The summed E-state index contributed by atoms with van der Waals surface area (Å²) in [6, 6.07) is 11.7. The van der Waals surface area contributed by atoms with Crippen LogP contribution in [0.2, 0.25) is 0 Å². The molecule has 3 atom stereocenters. The molecule has 132 valence electrons. The number of hydrogen-bond acceptors (Lipinski definition) is 3. The van der Waals surface area contributed by atoms with Crippen molar-refractivity contribution in [1.29, 1.82) is 0 Å². The van der Waals surface area contributed by atoms with Gasteiger partial charge in [-0.05, 0) is 54.3 Å². The molecule has 0 bridgehead atoms. The second-order valence-electron chi connectivity index (χ2n) is 6.17. The molecule has 0 heterocycles. The largest absolute Gasteiger partial charge is 0.491 e. The summed E-state index contributed by atoms with van der Waals surface area (Å²) in [6.07, 6.45) is -0.197. The van der Waals surface area contributed by atoms with E-state index in [1.807, 2.05) is 6.07 Å². The van der Waals surface area contributed by atoms with Crippen molar-refractivity contribution in [2.24, 2.45) is 5.92 Å². The minimum atomic E-state index is -0.875. The number of aliphatic hydroxyl groups excluding tert-OH is 1. The van der Waals surface area contributed by atoms with Crippen LogP contribution in [0.4, 0.5) is 8.78 Å². The summed E-state index contributed by atoms with van der Waals surface area (Å²) in [5.41, 5.74) is 0.820. The lowest BCUT2D eigenvalue weighted by molar-refractivity contribution is -0.122. The number of aliphatic hydroxyl groups is 1. The molecule has 1 fully saturated rings. The Bertz CT molecular complexity index is 736. The van der Waals surface area contributed by atoms with Crippen molar-refractivity contribution in [2.75, 3.05) is 13.2 Å². The first kappa shape index (κ1) is 17.4. The van der Waals surface area contributed by atoms with Crippen LogP contribution in [0, 0.1) is 17.6 Å². The van der Waals surface area contributed by atoms with Gasteiger partial charge in [-0.3, -0.25) is 4.79 Å². The highest BCUT2D eigenvalue weighted by Gasteiger charge is 2.43. The number of amides is 1. The van der Waals surface area contributed by atoms with Gasteiger partial charge in [0, 0.05) is 12.5 Å². The summed E-state index contributed by atoms with van der Waals surface area (Å²) in [5, 5.41) is 12.6. The average Bonchev–Trinajstić information content (AvgIpc) is 3.40. The fraction of sp³-hybridized carbons (Fsp3) is 0.316. The molecule has 6 heteroatoms. The molecular weight excluding hydrogens is 328 g/mol. The molecule has 3 unspecified atom stereocenters. The standard InChI is InChI=1S/C19H19F2NO3/c20-13-4-6-16(7-5-13)25-11-15(23)10-22-19(24)18-9-17(18)12-2-1-3-14(21)8-12/h1-8,15,17-18,23H,9-11H2,(H,22,24). The molecule has 25 heavy (non-hydrogen) atoms. The zero-order valence-corrected chi connectivity index (χ0v) is 13.5. The van der Waals surface area contributed by atoms with Gasteiger partial charge in [-0.25, -0.2) is 8.78 Å². The van der Waals surface area contributed by atoms with E-state index < -0.39 is 6.10 Å². The number of rotatable bonds is 7. The van der Waals surface area contributed by atoms with Crippen molar-refractivity contribution in [2.45, 2.75) is 18.4 Å². The molecular formula is C19H19F2NO3. The summed E-state index contributed by atoms with van der Waals surface area (Å²) in [7, 11) is 0. The second-order valence-corrected chi connectivity index (χ2v) is 6.17. The summed E-state index contributed by atoms with van der Waals surface area (Å²) in [5.74, 6) is -0.542. The van der Waals surface area contributed by atoms with Crippen molar-refractivity contribution in [1.82, 2.24) is 5.32 Å². The van der Waals surface area contributed by atoms with Crippen LogP contribution >= 0.6 is 0 Å². The molecule has 4 nitrogen and oxygen atoms in total. The maximum atomic E-state index is 13.2. The third-order valence-corrected chi connectivity index (χ3v) is 4.17. The van der Waals surface area contributed by atoms with Gasteiger partial charge in [-0.1, -0.05) is 12.1 Å². The lowest BCUT2D eigenvalue weighted by Crippen LogP contribution is -2.36. The number of nitrogens with one attached hydrogen (secondary N) is 1. The van der Waals surface area contributed by atoms with Crippen LogP contribution in [-0.4, -0.2) is 30.3 Å². The van der Waals surface area contributed by atoms with E-state index in [1.165, 1.54) is 36.4 Å². The molecule has 0 aliphatic heterocycles. The molecule has 2 aromatic rings. The molecule has 0 saturated heterocycles. The van der Waals surface area contributed by atoms with E-state index in [2.05, 4.69) is 5.32 Å². The van der Waals surface area contributed by atoms with Crippen LogP contribution in [0.1, 0.15) is 17.9 Å². The molecule has 0 radical (unpaired) electrons. The van der Waals surface area contributed by atoms with Crippen LogP contribution in [-0.2, 0) is 4.79 Å². The Balaban J connectivity index is 1.40. The molecule has 0 aromatic heterocycles. The Labute approximate surface area is 144 Å². The normalized spacial score (nSPS) is 20.0. The van der Waals surface area contributed by atoms with Gasteiger partial charge in [0.2, 0.25) is 5.91 Å². The van der Waals surface area contributed by atoms with Crippen LogP contribution in [0.5, 0.6) is 5.75 Å². The first-order chi connectivity index (χ1) is 12.0. The Morgan fingerprint density at radius 1 is 1.20 bits per heavy atom. The van der Waals surface area contributed by atoms with Crippen molar-refractivity contribution in [3.63, 3.8) is 0 Å². The van der Waals surface area contributed by atoms with Crippen LogP contribution in [0.15, 0.2) is 48.5 Å². The van der Waals surface area contributed by atoms with Crippen molar-refractivity contribution >= 4 is 5.91 Å². The van der Waals surface area contributed by atoms with E-state index in [1.54, 1.807) is 6.07 Å². The Morgan fingerprint density at radius 2 is 1.96 bits per heavy atom. The SMILES string of the molecule is O=C(NCC(O)COc1ccc(F)cc1)C1CC1c1cccc(F)c1. The van der Waals surface area contributed by atoms with Crippen LogP contribution in [0.25, 0.3) is 0 Å². The molecule has 2 N–H and O–H groups in total. The van der Waals surface area contributed by atoms with Gasteiger partial charge in [-0.2, -0.15) is 0 Å². The zero-order valence-electron chi connectivity index (χ0n) is 13.5. The Morgan fingerprint density at radius 3 is 2.68 bits per heavy atom. The highest BCUT2D eigenvalue weighted by Crippen LogP contribution is 2.47. The molecule has 1 saturated carbocycles. The summed E-state index contributed by atoms with van der Waals surface area (Å²) >= 11 is 0. The number of carbonyl (C=O) groups is 1. The molecule has 1 amide bonds. The summed E-state index contributed by atoms with van der Waals surface area (Å²) < 4.78 is 31.3. The minimum Gasteiger partial charge on any atom is -0.491 e. The van der Waals surface area contributed by atoms with E-state index >= 15 is 0 Å². The van der Waals surface area contributed by atoms with Gasteiger partial charge in [0.05, 0.1) is 0 Å². The number of ether oxygens (including phenoxy) is 1. The lowest BCUT2D eigenvalue weighted by atomic mass is 10.1. The zero-order chi connectivity index (χ0) is 17.8. The quantitative estimate of drug-likeness (QED) is 0.810. The van der Waals surface area contributed by atoms with Gasteiger partial charge in [0.1, 0.15) is 30.1 Å². The van der Waals surface area contributed by atoms with E-state index in [0.29, 0.717) is 12.2 Å². The first-order valence-corrected chi connectivity index (χ1v) is 8.12. The number of halogens is 2. The predicted octanol–water partition coefficient (Wildman–Crippen LogP) is 2.62. The number of benzene rings is 2. The van der Waals surface area contributed by atoms with Crippen LogP contribution < -0.4 is 10.1 Å². The van der Waals surface area contributed by atoms with E-state index in [4.69, 9.17) is 4.74 Å². The number of carbonyl (C=O) groups excluding carboxylic acids is 1. The third kappa shape index (κ3) is 4.76. The van der Waals surface area contributed by atoms with Gasteiger partial charge < -0.3 is 15.2 Å². The third-order valence-electron chi connectivity index (χ3n) is 4.17. The summed E-state index contributed by atoms with van der Waals surface area (Å²) in [6.45, 7) is 0.0519. The monoisotopic (exact) mass is 347 g/mol. The van der Waals surface area contributed by atoms with E-state index in [-0.39, 0.29) is 42.5 Å². The first-order valence-electron chi connectivity index (χ1n) is 8.12. The fourth-order valence-corrected chi connectivity index (χ4v) is 2.72. The minimum absolute atomic E-state index is 0.0100. The smallest absolute Gasteiger partial charge is 0.223 e. The topological polar surface area (TPSA) is 58.6 Å². The van der Waals surface area contributed by atoms with Gasteiger partial charge in [-0.15, -0.1) is 0 Å². The number of hydrogen-bond donors (Lipinski definition) is 2. The fourth-order valence-electron chi connectivity index (χ4n) is 2.72. The molecule has 0 spiro atoms. The van der Waals surface area contributed by atoms with Crippen molar-refractivity contribution in [3.05, 3.63) is 65.7 Å². The second kappa shape index (κ2) is 7.61. The molecule has 3 rings (SSSR count). The maximum absolute atomic E-state index is 13.2. The van der Waals surface area contributed by atoms with Gasteiger partial charge >= 0.3 is 0 Å². The highest BCUT2D eigenvalue weighted by atomic mass is 19.1. The van der Waals surface area contributed by atoms with Crippen molar-refractivity contribution in [3.8, 4) is 5.75 Å². The Hall–Kier alpha value is -2.47. The molecule has 1 aliphatic carbocycles. The highest BCUT2D eigenvalue weighted by molar-refractivity contribution is 5.82. The van der Waals surface area contributed by atoms with Gasteiger partial charge in [0.25, 0.3) is 0 Å². The Kier molecular flexibility index (Phi) is 5.28. The van der Waals surface area contributed by atoms with E-state index in [9.17, 15) is 18.7 Å². The van der Waals surface area contributed by atoms with E-state index in [0.717, 1.165) is 5.56 Å². The molecule has 2 aromatic carbocycles. The van der Waals surface area contributed by atoms with Crippen molar-refractivity contribution < 1.29 is 23.4 Å². The van der Waals surface area contributed by atoms with Crippen LogP contribution in [0.3, 0.4) is 0 Å². The summed E-state index contributed by atoms with van der Waals surface area (Å²) in [4.78, 5) is 12.1. The average molecular weight is 347 g/mol.